The average molecular weight is 316 g/mol. The van der Waals surface area contributed by atoms with Gasteiger partial charge in [-0.15, -0.1) is 0 Å². The summed E-state index contributed by atoms with van der Waals surface area (Å²) in [6.07, 6.45) is 13.8. The lowest BCUT2D eigenvalue weighted by Crippen LogP contribution is -2.54. The van der Waals surface area contributed by atoms with E-state index in [-0.39, 0.29) is 17.5 Å². The van der Waals surface area contributed by atoms with E-state index in [1.54, 1.807) is 0 Å². The Balaban J connectivity index is 1.51. The molecular formula is C21H32O2. The van der Waals surface area contributed by atoms with E-state index in [1.807, 2.05) is 0 Å². The van der Waals surface area contributed by atoms with Gasteiger partial charge in [0.05, 0.1) is 5.41 Å². The number of esters is 1. The van der Waals surface area contributed by atoms with Crippen molar-refractivity contribution in [2.45, 2.75) is 84.2 Å². The first-order chi connectivity index (χ1) is 11.1. The smallest absolute Gasteiger partial charge is 0.313 e. The second kappa shape index (κ2) is 4.76. The van der Waals surface area contributed by atoms with Gasteiger partial charge in [0.1, 0.15) is 6.10 Å². The molecule has 2 heteroatoms. The Labute approximate surface area is 140 Å². The van der Waals surface area contributed by atoms with E-state index in [0.29, 0.717) is 17.3 Å². The number of hydrogen-bond acceptors (Lipinski definition) is 2. The summed E-state index contributed by atoms with van der Waals surface area (Å²) in [6.45, 7) is 4.76. The van der Waals surface area contributed by atoms with Crippen LogP contribution in [0.3, 0.4) is 0 Å². The normalized spacial score (nSPS) is 57.9. The van der Waals surface area contributed by atoms with Crippen LogP contribution in [0.25, 0.3) is 0 Å². The Kier molecular flexibility index (Phi) is 3.06. The second-order valence-electron chi connectivity index (χ2n) is 9.78. The van der Waals surface area contributed by atoms with Gasteiger partial charge in [0, 0.05) is 5.92 Å². The summed E-state index contributed by atoms with van der Waals surface area (Å²) >= 11 is 0. The summed E-state index contributed by atoms with van der Waals surface area (Å²) in [6, 6.07) is 0. The van der Waals surface area contributed by atoms with Gasteiger partial charge in [0.15, 0.2) is 0 Å². The molecule has 23 heavy (non-hydrogen) atoms. The number of cyclic esters (lactones) is 1. The van der Waals surface area contributed by atoms with Gasteiger partial charge in [-0.2, -0.15) is 0 Å². The van der Waals surface area contributed by atoms with E-state index < -0.39 is 0 Å². The zero-order valence-electron chi connectivity index (χ0n) is 14.9. The minimum atomic E-state index is -0.0710. The summed E-state index contributed by atoms with van der Waals surface area (Å²) in [5.41, 5.74) is 0.507. The minimum Gasteiger partial charge on any atom is -0.462 e. The first-order valence-electron chi connectivity index (χ1n) is 10.3. The van der Waals surface area contributed by atoms with Crippen LogP contribution in [0.4, 0.5) is 0 Å². The predicted molar refractivity (Wildman–Crippen MR) is 89.7 cm³/mol. The Hall–Kier alpha value is -0.530. The number of ether oxygens (including phenoxy) is 1. The fourth-order valence-electron chi connectivity index (χ4n) is 8.43. The fourth-order valence-corrected chi connectivity index (χ4v) is 8.43. The summed E-state index contributed by atoms with van der Waals surface area (Å²) in [7, 11) is 0. The van der Waals surface area contributed by atoms with Crippen molar-refractivity contribution in [1.82, 2.24) is 0 Å². The van der Waals surface area contributed by atoms with Crippen LogP contribution in [0.1, 0.15) is 78.1 Å². The highest BCUT2D eigenvalue weighted by atomic mass is 16.6. The molecule has 2 nitrogen and oxygen atoms in total. The molecule has 0 aromatic rings. The van der Waals surface area contributed by atoms with E-state index >= 15 is 0 Å². The molecule has 5 fully saturated rings. The van der Waals surface area contributed by atoms with Crippen LogP contribution in [-0.4, -0.2) is 12.1 Å². The molecule has 0 aromatic heterocycles. The predicted octanol–water partition coefficient (Wildman–Crippen LogP) is 4.96. The monoisotopic (exact) mass is 316 g/mol. The highest BCUT2D eigenvalue weighted by Crippen LogP contribution is 2.69. The molecule has 0 N–H and O–H groups in total. The molecule has 5 rings (SSSR count). The summed E-state index contributed by atoms with van der Waals surface area (Å²) in [5.74, 6) is 4.02. The lowest BCUT2D eigenvalue weighted by molar-refractivity contribution is -0.162. The summed E-state index contributed by atoms with van der Waals surface area (Å²) in [5, 5.41) is 0. The summed E-state index contributed by atoms with van der Waals surface area (Å²) < 4.78 is 5.76. The third-order valence-corrected chi connectivity index (χ3v) is 9.40. The largest absolute Gasteiger partial charge is 0.462 e. The van der Waals surface area contributed by atoms with Crippen molar-refractivity contribution in [1.29, 1.82) is 0 Å². The first kappa shape index (κ1) is 14.8. The Morgan fingerprint density at radius 1 is 0.913 bits per heavy atom. The maximum Gasteiger partial charge on any atom is 0.313 e. The van der Waals surface area contributed by atoms with E-state index in [0.717, 1.165) is 24.2 Å². The molecule has 0 radical (unpaired) electrons. The highest BCUT2D eigenvalue weighted by molar-refractivity contribution is 5.81. The number of rotatable bonds is 0. The Morgan fingerprint density at radius 2 is 1.74 bits per heavy atom. The van der Waals surface area contributed by atoms with E-state index in [9.17, 15) is 4.79 Å². The van der Waals surface area contributed by atoms with Gasteiger partial charge >= 0.3 is 5.97 Å². The number of hydrogen-bond donors (Lipinski definition) is 0. The number of carbonyl (C=O) groups excluding carboxylic acids is 1. The fraction of sp³-hybridized carbons (Fsp3) is 0.952. The van der Waals surface area contributed by atoms with Crippen molar-refractivity contribution in [3.05, 3.63) is 0 Å². The van der Waals surface area contributed by atoms with Gasteiger partial charge in [0.2, 0.25) is 0 Å². The quantitative estimate of drug-likeness (QED) is 0.590. The van der Waals surface area contributed by atoms with Gasteiger partial charge in [-0.25, -0.2) is 0 Å². The lowest BCUT2D eigenvalue weighted by Gasteiger charge is -2.59. The van der Waals surface area contributed by atoms with Crippen molar-refractivity contribution in [2.24, 2.45) is 40.4 Å². The molecule has 4 aliphatic carbocycles. The van der Waals surface area contributed by atoms with Gasteiger partial charge in [0.25, 0.3) is 0 Å². The first-order valence-corrected chi connectivity index (χ1v) is 10.3. The Bertz CT molecular complexity index is 528. The van der Waals surface area contributed by atoms with Crippen molar-refractivity contribution in [2.75, 3.05) is 0 Å². The van der Waals surface area contributed by atoms with Crippen molar-refractivity contribution < 1.29 is 9.53 Å². The standard InChI is InChI=1S/C21H32O2/c1-13-16-8-9-18-15-7-6-14-5-3-4-11-20(14,2)17(15)10-12-21(16,18)19(22)23-13/h13-18H,3-12H2,1-2H3. The maximum absolute atomic E-state index is 12.8. The topological polar surface area (TPSA) is 26.3 Å². The lowest BCUT2D eigenvalue weighted by atomic mass is 9.44. The SMILES string of the molecule is CC1OC(=O)C23CCC4C(CCC5CCCCC54C)C2CCC13. The van der Waals surface area contributed by atoms with Crippen LogP contribution in [0, 0.1) is 40.4 Å². The van der Waals surface area contributed by atoms with Gasteiger partial charge < -0.3 is 4.74 Å². The van der Waals surface area contributed by atoms with Crippen LogP contribution in [0.2, 0.25) is 0 Å². The molecule has 8 atom stereocenters. The molecule has 1 spiro atoms. The molecular weight excluding hydrogens is 284 g/mol. The zero-order valence-corrected chi connectivity index (χ0v) is 14.9. The van der Waals surface area contributed by atoms with Crippen LogP contribution < -0.4 is 0 Å². The second-order valence-corrected chi connectivity index (χ2v) is 9.78. The molecule has 0 bridgehead atoms. The van der Waals surface area contributed by atoms with E-state index in [2.05, 4.69) is 13.8 Å². The van der Waals surface area contributed by atoms with Crippen LogP contribution in [-0.2, 0) is 9.53 Å². The Morgan fingerprint density at radius 3 is 2.61 bits per heavy atom. The molecule has 1 saturated heterocycles. The average Bonchev–Trinajstić information content (AvgIpc) is 3.04. The molecule has 1 heterocycles. The van der Waals surface area contributed by atoms with Gasteiger partial charge in [-0.3, -0.25) is 4.79 Å². The minimum absolute atomic E-state index is 0.0710. The number of fused-ring (bicyclic) bond motifs is 4. The van der Waals surface area contributed by atoms with E-state index in [4.69, 9.17) is 4.74 Å². The summed E-state index contributed by atoms with van der Waals surface area (Å²) in [4.78, 5) is 12.8. The highest BCUT2D eigenvalue weighted by Gasteiger charge is 2.68. The maximum atomic E-state index is 12.8. The molecule has 4 saturated carbocycles. The van der Waals surface area contributed by atoms with Gasteiger partial charge in [-0.05, 0) is 87.4 Å². The van der Waals surface area contributed by atoms with Crippen molar-refractivity contribution >= 4 is 5.97 Å². The third kappa shape index (κ3) is 1.69. The third-order valence-electron chi connectivity index (χ3n) is 9.40. The van der Waals surface area contributed by atoms with Crippen molar-refractivity contribution in [3.63, 3.8) is 0 Å². The van der Waals surface area contributed by atoms with Crippen LogP contribution >= 0.6 is 0 Å². The number of carbonyl (C=O) groups is 1. The van der Waals surface area contributed by atoms with E-state index in [1.165, 1.54) is 57.8 Å². The van der Waals surface area contributed by atoms with Crippen LogP contribution in [0.5, 0.6) is 0 Å². The van der Waals surface area contributed by atoms with Gasteiger partial charge in [-0.1, -0.05) is 19.8 Å². The van der Waals surface area contributed by atoms with Crippen molar-refractivity contribution in [3.8, 4) is 0 Å². The zero-order chi connectivity index (χ0) is 15.8. The molecule has 0 amide bonds. The molecule has 8 unspecified atom stereocenters. The van der Waals surface area contributed by atoms with Crippen LogP contribution in [0.15, 0.2) is 0 Å². The molecule has 1 aliphatic heterocycles. The molecule has 5 aliphatic rings. The molecule has 128 valence electrons. The molecule has 0 aromatic carbocycles.